The molecule has 0 aliphatic heterocycles. The third kappa shape index (κ3) is 5.50. The topological polar surface area (TPSA) is 114 Å². The zero-order valence-electron chi connectivity index (χ0n) is 9.92. The summed E-state index contributed by atoms with van der Waals surface area (Å²) in [7, 11) is 0. The molecule has 0 saturated heterocycles. The molecule has 1 rings (SSSR count). The lowest BCUT2D eigenvalue weighted by Gasteiger charge is -2.10. The highest BCUT2D eigenvalue weighted by Crippen LogP contribution is 2.07. The number of pyridine rings is 1. The van der Waals surface area contributed by atoms with Crippen LogP contribution in [0.15, 0.2) is 12.1 Å². The fourth-order valence-corrected chi connectivity index (χ4v) is 1.19. The van der Waals surface area contributed by atoms with E-state index in [4.69, 9.17) is 16.6 Å². The van der Waals surface area contributed by atoms with Crippen LogP contribution in [0.25, 0.3) is 0 Å². The van der Waals surface area contributed by atoms with Crippen molar-refractivity contribution in [1.29, 1.82) is 0 Å². The van der Waals surface area contributed by atoms with Crippen LogP contribution < -0.4 is 16.8 Å². The zero-order chi connectivity index (χ0) is 12.1. The quantitative estimate of drug-likeness (QED) is 0.612. The predicted molar refractivity (Wildman–Crippen MR) is 74.8 cm³/mol. The number of rotatable bonds is 4. The molecule has 0 fully saturated rings. The number of halogens is 2. The van der Waals surface area contributed by atoms with Crippen LogP contribution in [0.4, 0.5) is 5.82 Å². The molecule has 0 aliphatic rings. The average molecular weight is 297 g/mol. The minimum absolute atomic E-state index is 0. The number of nitrogen functional groups attached to an aromatic ring is 1. The molecular formula is C10H18Cl2N4O2. The van der Waals surface area contributed by atoms with Crippen LogP contribution in [0.3, 0.4) is 0 Å². The molecule has 6 nitrogen and oxygen atoms in total. The first-order valence-corrected chi connectivity index (χ1v) is 4.90. The van der Waals surface area contributed by atoms with Crippen molar-refractivity contribution in [3.63, 3.8) is 0 Å². The average Bonchev–Trinajstić information content (AvgIpc) is 2.26. The first kappa shape index (κ1) is 19.3. The summed E-state index contributed by atoms with van der Waals surface area (Å²) in [6, 6.07) is 2.57. The third-order valence-corrected chi connectivity index (χ3v) is 2.20. The molecule has 8 heteroatoms. The summed E-state index contributed by atoms with van der Waals surface area (Å²) in [6.07, 6.45) is 0. The van der Waals surface area contributed by atoms with E-state index in [1.165, 1.54) is 0 Å². The van der Waals surface area contributed by atoms with Gasteiger partial charge in [-0.1, -0.05) is 6.07 Å². The van der Waals surface area contributed by atoms with Gasteiger partial charge in [0.1, 0.15) is 11.9 Å². The molecule has 0 spiro atoms. The summed E-state index contributed by atoms with van der Waals surface area (Å²) >= 11 is 0. The molecule has 1 atom stereocenters. The first-order chi connectivity index (χ1) is 7.54. The predicted octanol–water partition coefficient (Wildman–Crippen LogP) is -0.248. The van der Waals surface area contributed by atoms with Crippen LogP contribution in [0, 0.1) is 6.92 Å². The SMILES string of the molecule is Cc1nc(N)ccc1CNC(=O)[C@@H](N)CO.Cl.Cl. The summed E-state index contributed by atoms with van der Waals surface area (Å²) in [5.41, 5.74) is 12.5. The van der Waals surface area contributed by atoms with Crippen molar-refractivity contribution < 1.29 is 9.90 Å². The van der Waals surface area contributed by atoms with Crippen molar-refractivity contribution in [2.24, 2.45) is 5.73 Å². The number of nitrogens with one attached hydrogen (secondary N) is 1. The number of nitrogens with two attached hydrogens (primary N) is 2. The van der Waals surface area contributed by atoms with Crippen molar-refractivity contribution in [2.45, 2.75) is 19.5 Å². The Kier molecular flexibility index (Phi) is 9.56. The van der Waals surface area contributed by atoms with E-state index in [1.807, 2.05) is 6.92 Å². The number of aliphatic hydroxyl groups is 1. The molecule has 1 aromatic heterocycles. The van der Waals surface area contributed by atoms with E-state index in [2.05, 4.69) is 10.3 Å². The highest BCUT2D eigenvalue weighted by Gasteiger charge is 2.11. The lowest BCUT2D eigenvalue weighted by atomic mass is 10.2. The molecule has 1 amide bonds. The van der Waals surface area contributed by atoms with Gasteiger partial charge in [-0.15, -0.1) is 24.8 Å². The summed E-state index contributed by atoms with van der Waals surface area (Å²) in [4.78, 5) is 15.3. The van der Waals surface area contributed by atoms with Gasteiger partial charge in [-0.25, -0.2) is 4.98 Å². The minimum Gasteiger partial charge on any atom is -0.394 e. The van der Waals surface area contributed by atoms with Crippen molar-refractivity contribution in [2.75, 3.05) is 12.3 Å². The Morgan fingerprint density at radius 1 is 1.50 bits per heavy atom. The summed E-state index contributed by atoms with van der Waals surface area (Å²) in [5, 5.41) is 11.3. The second kappa shape index (κ2) is 8.93. The number of hydrogen-bond acceptors (Lipinski definition) is 5. The molecule has 18 heavy (non-hydrogen) atoms. The van der Waals surface area contributed by atoms with Crippen LogP contribution in [-0.2, 0) is 11.3 Å². The molecular weight excluding hydrogens is 279 g/mol. The maximum absolute atomic E-state index is 11.3. The lowest BCUT2D eigenvalue weighted by Crippen LogP contribution is -2.42. The smallest absolute Gasteiger partial charge is 0.239 e. The van der Waals surface area contributed by atoms with Gasteiger partial charge in [0.25, 0.3) is 0 Å². The number of carbonyl (C=O) groups is 1. The molecule has 0 aliphatic carbocycles. The fourth-order valence-electron chi connectivity index (χ4n) is 1.19. The summed E-state index contributed by atoms with van der Waals surface area (Å²) in [5.74, 6) is 0.0540. The number of amides is 1. The fraction of sp³-hybridized carbons (Fsp3) is 0.400. The van der Waals surface area contributed by atoms with E-state index in [-0.39, 0.29) is 31.4 Å². The lowest BCUT2D eigenvalue weighted by molar-refractivity contribution is -0.123. The second-order valence-corrected chi connectivity index (χ2v) is 3.49. The molecule has 0 bridgehead atoms. The maximum atomic E-state index is 11.3. The number of aliphatic hydroxyl groups excluding tert-OH is 1. The molecule has 0 unspecified atom stereocenters. The van der Waals surface area contributed by atoms with E-state index in [9.17, 15) is 4.79 Å². The number of carbonyl (C=O) groups excluding carboxylic acids is 1. The zero-order valence-corrected chi connectivity index (χ0v) is 11.6. The van der Waals surface area contributed by atoms with E-state index >= 15 is 0 Å². The van der Waals surface area contributed by atoms with Crippen molar-refractivity contribution in [3.05, 3.63) is 23.4 Å². The maximum Gasteiger partial charge on any atom is 0.239 e. The first-order valence-electron chi connectivity index (χ1n) is 4.90. The Labute approximate surface area is 118 Å². The van der Waals surface area contributed by atoms with Gasteiger partial charge in [0.2, 0.25) is 5.91 Å². The molecule has 1 aromatic rings. The molecule has 0 saturated carbocycles. The van der Waals surface area contributed by atoms with Crippen LogP contribution in [0.5, 0.6) is 0 Å². The van der Waals surface area contributed by atoms with Crippen molar-refractivity contribution >= 4 is 36.5 Å². The third-order valence-electron chi connectivity index (χ3n) is 2.20. The van der Waals surface area contributed by atoms with Gasteiger partial charge in [0.05, 0.1) is 6.61 Å². The van der Waals surface area contributed by atoms with Gasteiger partial charge in [-0.3, -0.25) is 4.79 Å². The van der Waals surface area contributed by atoms with Gasteiger partial charge >= 0.3 is 0 Å². The van der Waals surface area contributed by atoms with Crippen LogP contribution in [-0.4, -0.2) is 28.6 Å². The van der Waals surface area contributed by atoms with Gasteiger partial charge in [-0.2, -0.15) is 0 Å². The monoisotopic (exact) mass is 296 g/mol. The second-order valence-electron chi connectivity index (χ2n) is 3.49. The van der Waals surface area contributed by atoms with E-state index < -0.39 is 11.9 Å². The van der Waals surface area contributed by atoms with Crippen LogP contribution in [0.2, 0.25) is 0 Å². The molecule has 104 valence electrons. The number of anilines is 1. The van der Waals surface area contributed by atoms with Crippen LogP contribution >= 0.6 is 24.8 Å². The standard InChI is InChI=1S/C10H16N4O2.2ClH/c1-6-7(2-3-9(12)14-6)4-13-10(16)8(11)5-15;;/h2-3,8,15H,4-5,11H2,1H3,(H2,12,14)(H,13,16);2*1H/t8-;;/m0../s1. The highest BCUT2D eigenvalue weighted by molar-refractivity contribution is 5.85. The Bertz CT molecular complexity index is 390. The van der Waals surface area contributed by atoms with Crippen LogP contribution in [0.1, 0.15) is 11.3 Å². The number of aromatic nitrogens is 1. The van der Waals surface area contributed by atoms with Gasteiger partial charge in [0.15, 0.2) is 0 Å². The Morgan fingerprint density at radius 2 is 2.11 bits per heavy atom. The Morgan fingerprint density at radius 3 is 2.61 bits per heavy atom. The van der Waals surface area contributed by atoms with Crippen molar-refractivity contribution in [3.8, 4) is 0 Å². The van der Waals surface area contributed by atoms with Gasteiger partial charge in [-0.05, 0) is 18.6 Å². The van der Waals surface area contributed by atoms with Crippen molar-refractivity contribution in [1.82, 2.24) is 10.3 Å². The highest BCUT2D eigenvalue weighted by atomic mass is 35.5. The number of nitrogens with zero attached hydrogens (tertiary/aromatic N) is 1. The Balaban J connectivity index is 0. The molecule has 0 radical (unpaired) electrons. The van der Waals surface area contributed by atoms with E-state index in [1.54, 1.807) is 12.1 Å². The van der Waals surface area contributed by atoms with E-state index in [0.717, 1.165) is 11.3 Å². The van der Waals surface area contributed by atoms with Gasteiger partial charge in [0, 0.05) is 12.2 Å². The van der Waals surface area contributed by atoms with Gasteiger partial charge < -0.3 is 21.9 Å². The minimum atomic E-state index is -0.887. The molecule has 1 heterocycles. The summed E-state index contributed by atoms with van der Waals surface area (Å²) < 4.78 is 0. The number of aryl methyl sites for hydroxylation is 1. The molecule has 0 aromatic carbocycles. The summed E-state index contributed by atoms with van der Waals surface area (Å²) in [6.45, 7) is 1.76. The number of hydrogen-bond donors (Lipinski definition) is 4. The van der Waals surface area contributed by atoms with E-state index in [0.29, 0.717) is 12.4 Å². The normalized spacial score (nSPS) is 10.8. The largest absolute Gasteiger partial charge is 0.394 e. The Hall–Kier alpha value is -1.08. The molecule has 6 N–H and O–H groups in total.